The number of benzene rings is 1. The highest BCUT2D eigenvalue weighted by Crippen LogP contribution is 2.26. The van der Waals surface area contributed by atoms with Crippen LogP contribution < -0.4 is 10.1 Å². The molecule has 0 aliphatic rings. The summed E-state index contributed by atoms with van der Waals surface area (Å²) in [5, 5.41) is 9.63. The highest BCUT2D eigenvalue weighted by atomic mass is 79.9. The largest absolute Gasteiger partial charge is 0.453 e. The zero-order chi connectivity index (χ0) is 19.4. The monoisotopic (exact) mass is 432 g/mol. The first kappa shape index (κ1) is 19.0. The van der Waals surface area contributed by atoms with Crippen molar-refractivity contribution in [3.8, 4) is 11.5 Å². The van der Waals surface area contributed by atoms with Crippen LogP contribution in [0.15, 0.2) is 47.2 Å². The Bertz CT molecular complexity index is 944. The van der Waals surface area contributed by atoms with E-state index in [2.05, 4.69) is 36.4 Å². The lowest BCUT2D eigenvalue weighted by Gasteiger charge is -2.09. The van der Waals surface area contributed by atoms with Crippen molar-refractivity contribution in [2.45, 2.75) is 26.3 Å². The normalized spacial score (nSPS) is 10.9. The third-order valence-corrected chi connectivity index (χ3v) is 4.64. The lowest BCUT2D eigenvalue weighted by molar-refractivity contribution is 0.0945. The number of pyridine rings is 1. The van der Waals surface area contributed by atoms with Crippen LogP contribution in [-0.2, 0) is 6.54 Å². The van der Waals surface area contributed by atoms with Crippen LogP contribution in [0.5, 0.6) is 11.5 Å². The molecule has 0 fully saturated rings. The van der Waals surface area contributed by atoms with Gasteiger partial charge in [0.1, 0.15) is 5.75 Å². The lowest BCUT2D eigenvalue weighted by atomic mass is 10.1. The maximum Gasteiger partial charge on any atom is 0.273 e. The Labute approximate surface area is 164 Å². The summed E-state index contributed by atoms with van der Waals surface area (Å²) in [7, 11) is 0. The van der Waals surface area contributed by atoms with Gasteiger partial charge in [0.25, 0.3) is 5.91 Å². The van der Waals surface area contributed by atoms with Gasteiger partial charge in [-0.3, -0.25) is 14.9 Å². The molecule has 0 saturated carbocycles. The molecule has 0 atom stereocenters. The molecule has 27 heavy (non-hydrogen) atoms. The van der Waals surface area contributed by atoms with E-state index in [0.717, 1.165) is 5.69 Å². The molecule has 0 saturated heterocycles. The summed E-state index contributed by atoms with van der Waals surface area (Å²) >= 11 is 3.40. The van der Waals surface area contributed by atoms with E-state index in [9.17, 15) is 9.18 Å². The van der Waals surface area contributed by atoms with E-state index in [4.69, 9.17) is 4.74 Å². The molecule has 1 amide bonds. The molecule has 2 aromatic heterocycles. The summed E-state index contributed by atoms with van der Waals surface area (Å²) < 4.78 is 20.4. The quantitative estimate of drug-likeness (QED) is 0.598. The Kier molecular flexibility index (Phi) is 5.85. The molecule has 1 aromatic carbocycles. The number of amides is 1. The van der Waals surface area contributed by atoms with Gasteiger partial charge in [0.2, 0.25) is 0 Å². The topological polar surface area (TPSA) is 79.9 Å². The summed E-state index contributed by atoms with van der Waals surface area (Å²) in [5.74, 6) is -0.124. The number of aromatic nitrogens is 3. The van der Waals surface area contributed by atoms with Crippen LogP contribution in [0, 0.1) is 5.82 Å². The number of nitrogens with zero attached hydrogens (tertiary/aromatic N) is 2. The third-order valence-electron chi connectivity index (χ3n) is 3.84. The molecule has 2 heterocycles. The Morgan fingerprint density at radius 1 is 1.37 bits per heavy atom. The molecule has 0 spiro atoms. The van der Waals surface area contributed by atoms with E-state index in [1.807, 2.05) is 13.8 Å². The highest BCUT2D eigenvalue weighted by molar-refractivity contribution is 9.10. The number of halogens is 2. The van der Waals surface area contributed by atoms with Crippen molar-refractivity contribution in [3.63, 3.8) is 0 Å². The minimum absolute atomic E-state index is 0.0923. The molecular formula is C19H18BrFN4O2. The Balaban J connectivity index is 1.64. The van der Waals surface area contributed by atoms with Crippen LogP contribution in [0.25, 0.3) is 0 Å². The Hall–Kier alpha value is -2.74. The smallest absolute Gasteiger partial charge is 0.273 e. The number of nitrogens with one attached hydrogen (secondary N) is 2. The zero-order valence-electron chi connectivity index (χ0n) is 14.8. The van der Waals surface area contributed by atoms with Gasteiger partial charge in [0, 0.05) is 12.7 Å². The Morgan fingerprint density at radius 2 is 2.19 bits per heavy atom. The molecule has 8 heteroatoms. The first-order chi connectivity index (χ1) is 13.0. The van der Waals surface area contributed by atoms with Gasteiger partial charge in [-0.15, -0.1) is 0 Å². The van der Waals surface area contributed by atoms with Gasteiger partial charge in [0.15, 0.2) is 17.3 Å². The minimum Gasteiger partial charge on any atom is -0.453 e. The standard InChI is InChI=1S/C19H18BrFN4O2/c1-11(2)17-16(20)18(25-24-17)19(26)23-9-12-5-6-15(14(21)8-12)27-13-4-3-7-22-10-13/h3-8,10-11H,9H2,1-2H3,(H,23,26)(H,24,25). The second-order valence-electron chi connectivity index (χ2n) is 6.19. The van der Waals surface area contributed by atoms with E-state index in [0.29, 0.717) is 15.8 Å². The number of hydrogen-bond donors (Lipinski definition) is 2. The number of H-pyrrole nitrogens is 1. The molecule has 0 radical (unpaired) electrons. The van der Waals surface area contributed by atoms with Crippen molar-refractivity contribution in [1.82, 2.24) is 20.5 Å². The van der Waals surface area contributed by atoms with Crippen molar-refractivity contribution in [2.75, 3.05) is 0 Å². The van der Waals surface area contributed by atoms with E-state index < -0.39 is 5.82 Å². The first-order valence-electron chi connectivity index (χ1n) is 8.34. The number of carbonyl (C=O) groups excluding carboxylic acids is 1. The van der Waals surface area contributed by atoms with E-state index in [1.165, 1.54) is 18.3 Å². The summed E-state index contributed by atoms with van der Waals surface area (Å²) in [4.78, 5) is 16.2. The molecule has 3 aromatic rings. The van der Waals surface area contributed by atoms with Crippen molar-refractivity contribution >= 4 is 21.8 Å². The van der Waals surface area contributed by atoms with Crippen LogP contribution in [0.2, 0.25) is 0 Å². The van der Waals surface area contributed by atoms with Gasteiger partial charge in [-0.1, -0.05) is 19.9 Å². The molecule has 140 valence electrons. The summed E-state index contributed by atoms with van der Waals surface area (Å²) in [6.07, 6.45) is 3.11. The first-order valence-corrected chi connectivity index (χ1v) is 9.13. The average Bonchev–Trinajstić information content (AvgIpc) is 3.04. The lowest BCUT2D eigenvalue weighted by Crippen LogP contribution is -2.23. The van der Waals surface area contributed by atoms with Gasteiger partial charge >= 0.3 is 0 Å². The molecule has 0 bridgehead atoms. The van der Waals surface area contributed by atoms with Gasteiger partial charge in [-0.2, -0.15) is 5.10 Å². The maximum absolute atomic E-state index is 14.3. The third kappa shape index (κ3) is 4.51. The van der Waals surface area contributed by atoms with Crippen LogP contribution in [0.3, 0.4) is 0 Å². The predicted octanol–water partition coefficient (Wildman–Crippen LogP) is 4.55. The molecule has 3 rings (SSSR count). The van der Waals surface area contributed by atoms with E-state index in [1.54, 1.807) is 24.4 Å². The molecule has 6 nitrogen and oxygen atoms in total. The van der Waals surface area contributed by atoms with E-state index >= 15 is 0 Å². The number of rotatable bonds is 6. The maximum atomic E-state index is 14.3. The van der Waals surface area contributed by atoms with Gasteiger partial charge in [-0.05, 0) is 51.7 Å². The molecule has 0 aliphatic heterocycles. The molecular weight excluding hydrogens is 415 g/mol. The number of hydrogen-bond acceptors (Lipinski definition) is 4. The van der Waals surface area contributed by atoms with Gasteiger partial charge < -0.3 is 10.1 Å². The summed E-state index contributed by atoms with van der Waals surface area (Å²) in [6, 6.07) is 7.92. The van der Waals surface area contributed by atoms with Crippen molar-refractivity contribution in [3.05, 3.63) is 70.0 Å². The summed E-state index contributed by atoms with van der Waals surface area (Å²) in [6.45, 7) is 4.16. The number of carbonyl (C=O) groups is 1. The number of ether oxygens (including phenoxy) is 1. The Morgan fingerprint density at radius 3 is 2.81 bits per heavy atom. The molecule has 0 aliphatic carbocycles. The fourth-order valence-corrected chi connectivity index (χ4v) is 3.23. The van der Waals surface area contributed by atoms with Crippen LogP contribution in [0.1, 0.15) is 41.5 Å². The number of aromatic amines is 1. The fraction of sp³-hybridized carbons (Fsp3) is 0.211. The molecule has 2 N–H and O–H groups in total. The van der Waals surface area contributed by atoms with E-state index in [-0.39, 0.29) is 29.8 Å². The average molecular weight is 433 g/mol. The fourth-order valence-electron chi connectivity index (χ4n) is 2.41. The van der Waals surface area contributed by atoms with Gasteiger partial charge in [0.05, 0.1) is 16.4 Å². The second kappa shape index (κ2) is 8.30. The van der Waals surface area contributed by atoms with Crippen LogP contribution in [-0.4, -0.2) is 21.1 Å². The van der Waals surface area contributed by atoms with Crippen LogP contribution >= 0.6 is 15.9 Å². The van der Waals surface area contributed by atoms with Crippen molar-refractivity contribution < 1.29 is 13.9 Å². The van der Waals surface area contributed by atoms with Crippen LogP contribution in [0.4, 0.5) is 4.39 Å². The van der Waals surface area contributed by atoms with Crippen molar-refractivity contribution in [2.24, 2.45) is 0 Å². The second-order valence-corrected chi connectivity index (χ2v) is 6.99. The summed E-state index contributed by atoms with van der Waals surface area (Å²) in [5.41, 5.74) is 1.73. The zero-order valence-corrected chi connectivity index (χ0v) is 16.4. The highest BCUT2D eigenvalue weighted by Gasteiger charge is 2.19. The van der Waals surface area contributed by atoms with Crippen molar-refractivity contribution in [1.29, 1.82) is 0 Å². The minimum atomic E-state index is -0.520. The predicted molar refractivity (Wildman–Crippen MR) is 102 cm³/mol. The van der Waals surface area contributed by atoms with Gasteiger partial charge in [-0.25, -0.2) is 4.39 Å². The molecule has 0 unspecified atom stereocenters. The SMILES string of the molecule is CC(C)c1[nH]nc(C(=O)NCc2ccc(Oc3cccnc3)c(F)c2)c1Br.